The van der Waals surface area contributed by atoms with Crippen molar-refractivity contribution in [2.24, 2.45) is 0 Å². The van der Waals surface area contributed by atoms with Crippen molar-refractivity contribution in [2.75, 3.05) is 4.90 Å². The van der Waals surface area contributed by atoms with E-state index in [0.717, 1.165) is 17.1 Å². The summed E-state index contributed by atoms with van der Waals surface area (Å²) in [4.78, 5) is 2.42. The maximum atomic E-state index is 2.42. The Morgan fingerprint density at radius 1 is 0.276 bits per heavy atom. The van der Waals surface area contributed by atoms with Gasteiger partial charge in [-0.3, -0.25) is 0 Å². The molecule has 0 heterocycles. The Kier molecular flexibility index (Phi) is 7.91. The van der Waals surface area contributed by atoms with Crippen molar-refractivity contribution in [1.82, 2.24) is 0 Å². The third-order valence-corrected chi connectivity index (χ3v) is 12.5. The van der Waals surface area contributed by atoms with Crippen LogP contribution < -0.4 is 4.90 Å². The topological polar surface area (TPSA) is 3.24 Å². The lowest BCUT2D eigenvalue weighted by Gasteiger charge is -2.28. The molecule has 0 fully saturated rings. The fourth-order valence-corrected chi connectivity index (χ4v) is 9.64. The summed E-state index contributed by atoms with van der Waals surface area (Å²) in [5, 5.41) is 0. The first-order valence-corrected chi connectivity index (χ1v) is 20.3. The third-order valence-electron chi connectivity index (χ3n) is 12.5. The number of benzene rings is 9. The minimum atomic E-state index is -0.107. The average molecular weight is 740 g/mol. The molecule has 0 radical (unpaired) electrons. The first-order chi connectivity index (χ1) is 28.5. The predicted molar refractivity (Wildman–Crippen MR) is 245 cm³/mol. The summed E-state index contributed by atoms with van der Waals surface area (Å²) in [5.41, 5.74) is 23.6. The van der Waals surface area contributed by atoms with Crippen molar-refractivity contribution in [2.45, 2.75) is 19.3 Å². The number of nitrogens with zero attached hydrogens (tertiary/aromatic N) is 1. The van der Waals surface area contributed by atoms with E-state index >= 15 is 0 Å². The molecule has 0 aliphatic heterocycles. The molecule has 0 atom stereocenters. The van der Waals surface area contributed by atoms with E-state index in [-0.39, 0.29) is 5.41 Å². The molecule has 11 rings (SSSR count). The van der Waals surface area contributed by atoms with Crippen LogP contribution in [0.15, 0.2) is 212 Å². The maximum absolute atomic E-state index is 2.42. The normalized spacial score (nSPS) is 12.8. The van der Waals surface area contributed by atoms with Crippen LogP contribution in [0.1, 0.15) is 25.0 Å². The first kappa shape index (κ1) is 34.1. The summed E-state index contributed by atoms with van der Waals surface area (Å²) in [6.45, 7) is 4.72. The number of rotatable bonds is 6. The van der Waals surface area contributed by atoms with Gasteiger partial charge in [0.2, 0.25) is 0 Å². The molecular weight excluding hydrogens is 699 g/mol. The van der Waals surface area contributed by atoms with Crippen LogP contribution in [0.3, 0.4) is 0 Å². The Hall–Kier alpha value is -7.22. The molecule has 1 nitrogen and oxygen atoms in total. The molecule has 0 saturated carbocycles. The van der Waals surface area contributed by atoms with Crippen LogP contribution in [-0.4, -0.2) is 0 Å². The predicted octanol–water partition coefficient (Wildman–Crippen LogP) is 15.8. The lowest BCUT2D eigenvalue weighted by Crippen LogP contribution is -2.16. The van der Waals surface area contributed by atoms with Gasteiger partial charge in [0.1, 0.15) is 0 Å². The molecule has 0 N–H and O–H groups in total. The second-order valence-electron chi connectivity index (χ2n) is 16.1. The van der Waals surface area contributed by atoms with Gasteiger partial charge >= 0.3 is 0 Å². The van der Waals surface area contributed by atoms with Gasteiger partial charge in [-0.25, -0.2) is 0 Å². The van der Waals surface area contributed by atoms with Crippen LogP contribution >= 0.6 is 0 Å². The van der Waals surface area contributed by atoms with Crippen LogP contribution in [0.5, 0.6) is 0 Å². The van der Waals surface area contributed by atoms with E-state index in [1.54, 1.807) is 0 Å². The highest BCUT2D eigenvalue weighted by Crippen LogP contribution is 2.54. The lowest BCUT2D eigenvalue weighted by atomic mass is 9.82. The minimum Gasteiger partial charge on any atom is -0.310 e. The number of fused-ring (bicyclic) bond motifs is 10. The highest BCUT2D eigenvalue weighted by Gasteiger charge is 2.36. The molecule has 2 bridgehead atoms. The van der Waals surface area contributed by atoms with Crippen LogP contribution in [0.25, 0.3) is 77.9 Å². The van der Waals surface area contributed by atoms with Crippen molar-refractivity contribution in [3.8, 4) is 77.9 Å². The fraction of sp³-hybridized carbons (Fsp3) is 0.0526. The zero-order valence-corrected chi connectivity index (χ0v) is 32.7. The van der Waals surface area contributed by atoms with Crippen molar-refractivity contribution < 1.29 is 0 Å². The standard InChI is InChI=1S/C57H41N/c1-57(2)53-24-14-13-22-49(53)50-34-33-44(37-54(50)57)58(42-29-25-39(26-30-42)38-15-5-3-6-16-38)43-31-27-41(28-32-43)55-52-36-35-45(40-17-7-4-8-18-40)56(55)51-23-12-11-20-47(51)46-19-9-10-21-48(46)52/h3-37H,1-2H3. The molecule has 0 saturated heterocycles. The third kappa shape index (κ3) is 5.39. The molecule has 9 aromatic rings. The smallest absolute Gasteiger partial charge is 0.0465 e. The quantitative estimate of drug-likeness (QED) is 0.164. The first-order valence-electron chi connectivity index (χ1n) is 20.3. The van der Waals surface area contributed by atoms with Gasteiger partial charge in [-0.05, 0) is 125 Å². The highest BCUT2D eigenvalue weighted by atomic mass is 15.1. The molecular formula is C57H41N. The van der Waals surface area contributed by atoms with Gasteiger partial charge in [-0.1, -0.05) is 190 Å². The van der Waals surface area contributed by atoms with Gasteiger partial charge in [0, 0.05) is 22.5 Å². The SMILES string of the molecule is CC1(C)c2ccccc2-c2ccc(N(c3ccc(-c4ccccc4)cc3)c3ccc(-c4c5ccc(-c6ccccc6)c4-c4ccccc4-c4ccccc4-5)cc3)cc21. The average Bonchev–Trinajstić information content (AvgIpc) is 3.47. The number of anilines is 3. The molecule has 0 aromatic heterocycles. The summed E-state index contributed by atoms with van der Waals surface area (Å²) < 4.78 is 0. The molecule has 2 aliphatic rings. The molecule has 274 valence electrons. The molecule has 1 heteroatoms. The van der Waals surface area contributed by atoms with Gasteiger partial charge in [-0.15, -0.1) is 0 Å². The van der Waals surface area contributed by atoms with Crippen LogP contribution in [0, 0.1) is 0 Å². The van der Waals surface area contributed by atoms with Crippen LogP contribution in [0.4, 0.5) is 17.1 Å². The van der Waals surface area contributed by atoms with E-state index in [9.17, 15) is 0 Å². The molecule has 0 unspecified atom stereocenters. The van der Waals surface area contributed by atoms with Crippen molar-refractivity contribution in [1.29, 1.82) is 0 Å². The van der Waals surface area contributed by atoms with Gasteiger partial charge in [-0.2, -0.15) is 0 Å². The van der Waals surface area contributed by atoms with Crippen molar-refractivity contribution >= 4 is 17.1 Å². The lowest BCUT2D eigenvalue weighted by molar-refractivity contribution is 0.660. The van der Waals surface area contributed by atoms with E-state index in [0.29, 0.717) is 0 Å². The van der Waals surface area contributed by atoms with Gasteiger partial charge in [0.15, 0.2) is 0 Å². The largest absolute Gasteiger partial charge is 0.310 e. The van der Waals surface area contributed by atoms with Gasteiger partial charge < -0.3 is 4.90 Å². The molecule has 0 amide bonds. The molecule has 58 heavy (non-hydrogen) atoms. The second-order valence-corrected chi connectivity index (χ2v) is 16.1. The zero-order valence-electron chi connectivity index (χ0n) is 32.7. The molecule has 0 spiro atoms. The summed E-state index contributed by atoms with van der Waals surface area (Å²) in [6.07, 6.45) is 0. The summed E-state index contributed by atoms with van der Waals surface area (Å²) >= 11 is 0. The summed E-state index contributed by atoms with van der Waals surface area (Å²) in [7, 11) is 0. The molecule has 2 aliphatic carbocycles. The maximum Gasteiger partial charge on any atom is 0.0465 e. The fourth-order valence-electron chi connectivity index (χ4n) is 9.64. The zero-order chi connectivity index (χ0) is 38.8. The van der Waals surface area contributed by atoms with Gasteiger partial charge in [0.05, 0.1) is 0 Å². The Bertz CT molecular complexity index is 2990. The molecule has 9 aromatic carbocycles. The van der Waals surface area contributed by atoms with E-state index in [4.69, 9.17) is 0 Å². The monoisotopic (exact) mass is 739 g/mol. The van der Waals surface area contributed by atoms with Crippen LogP contribution in [-0.2, 0) is 5.41 Å². The summed E-state index contributed by atoms with van der Waals surface area (Å²) in [5.74, 6) is 0. The summed E-state index contributed by atoms with van der Waals surface area (Å²) in [6, 6.07) is 78.2. The number of hydrogen-bond donors (Lipinski definition) is 0. The number of hydrogen-bond acceptors (Lipinski definition) is 1. The van der Waals surface area contributed by atoms with Crippen molar-refractivity contribution in [3.63, 3.8) is 0 Å². The Morgan fingerprint density at radius 2 is 0.707 bits per heavy atom. The van der Waals surface area contributed by atoms with Crippen LogP contribution in [0.2, 0.25) is 0 Å². The van der Waals surface area contributed by atoms with Crippen molar-refractivity contribution in [3.05, 3.63) is 223 Å². The minimum absolute atomic E-state index is 0.107. The Balaban J connectivity index is 1.09. The Labute approximate surface area is 341 Å². The van der Waals surface area contributed by atoms with E-state index < -0.39 is 0 Å². The van der Waals surface area contributed by atoms with E-state index in [1.807, 2.05) is 0 Å². The van der Waals surface area contributed by atoms with Gasteiger partial charge in [0.25, 0.3) is 0 Å². The van der Waals surface area contributed by atoms with E-state index in [2.05, 4.69) is 231 Å². The van der Waals surface area contributed by atoms with E-state index in [1.165, 1.54) is 89.0 Å². The Morgan fingerprint density at radius 3 is 1.36 bits per heavy atom. The highest BCUT2D eigenvalue weighted by molar-refractivity contribution is 6.10. The second kappa shape index (κ2) is 13.5.